The van der Waals surface area contributed by atoms with Crippen molar-refractivity contribution in [2.45, 2.75) is 5.75 Å². The lowest BCUT2D eigenvalue weighted by Crippen LogP contribution is -2.19. The number of anilines is 6. The number of halogens is 1. The standard InChI is InChI=1S/C26H25FN6O3S/c1-33(23-12-10-21(11-13-23)30-26(34)31-22-5-3-4-19(27)16-22)24-14-15-28-25(32-24)29-20-8-6-18(7-9-20)17-37(2,35)36/h3-16H,17H2,1-2H3,(H,28,29,32)(H2,30,31,34). The van der Waals surface area contributed by atoms with E-state index in [-0.39, 0.29) is 5.75 Å². The smallest absolute Gasteiger partial charge is 0.323 e. The second-order valence-corrected chi connectivity index (χ2v) is 10.5. The summed E-state index contributed by atoms with van der Waals surface area (Å²) in [4.78, 5) is 22.9. The molecule has 0 bridgehead atoms. The van der Waals surface area contributed by atoms with E-state index in [0.29, 0.717) is 28.7 Å². The van der Waals surface area contributed by atoms with E-state index < -0.39 is 21.7 Å². The highest BCUT2D eigenvalue weighted by Crippen LogP contribution is 2.25. The van der Waals surface area contributed by atoms with Gasteiger partial charge in [-0.1, -0.05) is 18.2 Å². The molecule has 4 rings (SSSR count). The number of amides is 2. The van der Waals surface area contributed by atoms with Gasteiger partial charge >= 0.3 is 6.03 Å². The van der Waals surface area contributed by atoms with Crippen LogP contribution in [-0.2, 0) is 15.6 Å². The Bertz CT molecular complexity index is 1500. The summed E-state index contributed by atoms with van der Waals surface area (Å²) in [6.45, 7) is 0. The molecule has 1 heterocycles. The number of hydrogen-bond acceptors (Lipinski definition) is 7. The van der Waals surface area contributed by atoms with Crippen molar-refractivity contribution in [3.05, 3.63) is 96.4 Å². The van der Waals surface area contributed by atoms with Crippen LogP contribution >= 0.6 is 0 Å². The van der Waals surface area contributed by atoms with Crippen LogP contribution in [0.5, 0.6) is 0 Å². The SMILES string of the molecule is CN(c1ccc(NC(=O)Nc2cccc(F)c2)cc1)c1ccnc(Nc2ccc(CS(C)(=O)=O)cc2)n1. The highest BCUT2D eigenvalue weighted by Gasteiger charge is 2.10. The Balaban J connectivity index is 1.38. The van der Waals surface area contributed by atoms with Crippen LogP contribution in [0.2, 0.25) is 0 Å². The van der Waals surface area contributed by atoms with Gasteiger partial charge in [-0.3, -0.25) is 0 Å². The Morgan fingerprint density at radius 3 is 2.27 bits per heavy atom. The third-order valence-electron chi connectivity index (χ3n) is 5.22. The first kappa shape index (κ1) is 25.6. The molecule has 0 aliphatic heterocycles. The van der Waals surface area contributed by atoms with Gasteiger partial charge in [-0.2, -0.15) is 4.98 Å². The van der Waals surface area contributed by atoms with Crippen molar-refractivity contribution in [2.24, 2.45) is 0 Å². The van der Waals surface area contributed by atoms with E-state index in [4.69, 9.17) is 0 Å². The van der Waals surface area contributed by atoms with Gasteiger partial charge in [-0.25, -0.2) is 22.6 Å². The number of carbonyl (C=O) groups excluding carboxylic acids is 1. The summed E-state index contributed by atoms with van der Waals surface area (Å²) in [5.41, 5.74) is 3.17. The van der Waals surface area contributed by atoms with Gasteiger partial charge in [0.2, 0.25) is 5.95 Å². The van der Waals surface area contributed by atoms with Crippen molar-refractivity contribution in [1.82, 2.24) is 9.97 Å². The van der Waals surface area contributed by atoms with E-state index in [1.807, 2.05) is 24.1 Å². The Labute approximate surface area is 214 Å². The molecule has 0 radical (unpaired) electrons. The van der Waals surface area contributed by atoms with Gasteiger partial charge in [0, 0.05) is 42.2 Å². The zero-order chi connectivity index (χ0) is 26.4. The van der Waals surface area contributed by atoms with Crippen LogP contribution in [0.1, 0.15) is 5.56 Å². The van der Waals surface area contributed by atoms with Gasteiger partial charge in [0.15, 0.2) is 9.84 Å². The van der Waals surface area contributed by atoms with Crippen molar-refractivity contribution in [3.63, 3.8) is 0 Å². The Morgan fingerprint density at radius 2 is 1.59 bits per heavy atom. The van der Waals surface area contributed by atoms with Gasteiger partial charge in [-0.15, -0.1) is 0 Å². The number of nitrogens with zero attached hydrogens (tertiary/aromatic N) is 3. The largest absolute Gasteiger partial charge is 0.329 e. The van der Waals surface area contributed by atoms with Crippen LogP contribution < -0.4 is 20.9 Å². The quantitative estimate of drug-likeness (QED) is 0.288. The highest BCUT2D eigenvalue weighted by molar-refractivity contribution is 7.89. The molecule has 0 aliphatic carbocycles. The molecule has 190 valence electrons. The van der Waals surface area contributed by atoms with Gasteiger partial charge in [0.25, 0.3) is 0 Å². The zero-order valence-corrected chi connectivity index (χ0v) is 21.0. The molecule has 0 unspecified atom stereocenters. The van der Waals surface area contributed by atoms with Crippen molar-refractivity contribution < 1.29 is 17.6 Å². The first-order chi connectivity index (χ1) is 17.6. The summed E-state index contributed by atoms with van der Waals surface area (Å²) >= 11 is 0. The van der Waals surface area contributed by atoms with Crippen LogP contribution in [0, 0.1) is 5.82 Å². The first-order valence-electron chi connectivity index (χ1n) is 11.2. The number of aromatic nitrogens is 2. The summed E-state index contributed by atoms with van der Waals surface area (Å²) in [5.74, 6) is 0.565. The summed E-state index contributed by atoms with van der Waals surface area (Å²) in [6.07, 6.45) is 2.83. The number of benzene rings is 3. The maximum absolute atomic E-state index is 13.3. The fourth-order valence-corrected chi connectivity index (χ4v) is 4.27. The number of rotatable bonds is 8. The van der Waals surface area contributed by atoms with Crippen LogP contribution in [-0.4, -0.2) is 37.7 Å². The third-order valence-corrected chi connectivity index (χ3v) is 6.08. The summed E-state index contributed by atoms with van der Waals surface area (Å²) < 4.78 is 36.2. The molecule has 9 nitrogen and oxygen atoms in total. The molecule has 0 saturated heterocycles. The van der Waals surface area contributed by atoms with Gasteiger partial charge < -0.3 is 20.9 Å². The topological polar surface area (TPSA) is 116 Å². The minimum absolute atomic E-state index is 0.0178. The Morgan fingerprint density at radius 1 is 0.919 bits per heavy atom. The Hall–Kier alpha value is -4.51. The predicted molar refractivity (Wildman–Crippen MR) is 144 cm³/mol. The molecule has 3 aromatic carbocycles. The average molecular weight is 521 g/mol. The summed E-state index contributed by atoms with van der Waals surface area (Å²) in [5, 5.41) is 8.41. The van der Waals surface area contributed by atoms with Crippen LogP contribution in [0.3, 0.4) is 0 Å². The molecule has 37 heavy (non-hydrogen) atoms. The fourth-order valence-electron chi connectivity index (χ4n) is 3.47. The lowest BCUT2D eigenvalue weighted by atomic mass is 10.2. The van der Waals surface area contributed by atoms with Crippen molar-refractivity contribution in [2.75, 3.05) is 34.2 Å². The minimum atomic E-state index is -3.10. The molecule has 0 atom stereocenters. The maximum atomic E-state index is 13.3. The summed E-state index contributed by atoms with van der Waals surface area (Å²) in [6, 6.07) is 21.1. The number of carbonyl (C=O) groups is 1. The van der Waals surface area contributed by atoms with Gasteiger partial charge in [0.05, 0.1) is 5.75 Å². The number of nitrogens with one attached hydrogen (secondary N) is 3. The number of urea groups is 1. The summed E-state index contributed by atoms with van der Waals surface area (Å²) in [7, 11) is -1.25. The van der Waals surface area contributed by atoms with E-state index in [1.54, 1.807) is 54.7 Å². The third kappa shape index (κ3) is 7.48. The molecular formula is C26H25FN6O3S. The van der Waals surface area contributed by atoms with E-state index in [0.717, 1.165) is 11.4 Å². The lowest BCUT2D eigenvalue weighted by Gasteiger charge is -2.19. The van der Waals surface area contributed by atoms with E-state index in [2.05, 4.69) is 25.9 Å². The molecule has 3 N–H and O–H groups in total. The molecule has 11 heteroatoms. The molecule has 0 aliphatic rings. The molecule has 1 aromatic heterocycles. The first-order valence-corrected chi connectivity index (χ1v) is 13.2. The van der Waals surface area contributed by atoms with E-state index in [1.165, 1.54) is 24.5 Å². The molecule has 2 amide bonds. The molecule has 4 aromatic rings. The number of hydrogen-bond donors (Lipinski definition) is 3. The Kier molecular flexibility index (Phi) is 7.63. The highest BCUT2D eigenvalue weighted by atomic mass is 32.2. The lowest BCUT2D eigenvalue weighted by molar-refractivity contribution is 0.262. The second kappa shape index (κ2) is 11.0. The van der Waals surface area contributed by atoms with Crippen LogP contribution in [0.25, 0.3) is 0 Å². The van der Waals surface area contributed by atoms with Crippen molar-refractivity contribution >= 4 is 50.4 Å². The molecule has 0 saturated carbocycles. The monoisotopic (exact) mass is 520 g/mol. The van der Waals surface area contributed by atoms with Crippen molar-refractivity contribution in [1.29, 1.82) is 0 Å². The second-order valence-electron chi connectivity index (χ2n) is 8.33. The van der Waals surface area contributed by atoms with Crippen LogP contribution in [0.4, 0.5) is 43.7 Å². The number of sulfone groups is 1. The molecular weight excluding hydrogens is 495 g/mol. The predicted octanol–water partition coefficient (Wildman–Crippen LogP) is 5.32. The maximum Gasteiger partial charge on any atom is 0.323 e. The fraction of sp³-hybridized carbons (Fsp3) is 0.115. The van der Waals surface area contributed by atoms with Crippen LogP contribution in [0.15, 0.2) is 85.1 Å². The molecule has 0 fully saturated rings. The van der Waals surface area contributed by atoms with E-state index in [9.17, 15) is 17.6 Å². The van der Waals surface area contributed by atoms with E-state index >= 15 is 0 Å². The normalized spacial score (nSPS) is 11.0. The average Bonchev–Trinajstić information content (AvgIpc) is 2.84. The van der Waals surface area contributed by atoms with Crippen molar-refractivity contribution in [3.8, 4) is 0 Å². The zero-order valence-electron chi connectivity index (χ0n) is 20.1. The molecule has 0 spiro atoms. The van der Waals surface area contributed by atoms with Gasteiger partial charge in [0.1, 0.15) is 11.6 Å². The minimum Gasteiger partial charge on any atom is -0.329 e. The van der Waals surface area contributed by atoms with Gasteiger partial charge in [-0.05, 0) is 66.2 Å².